The van der Waals surface area contributed by atoms with Crippen LogP contribution in [0.3, 0.4) is 0 Å². The van der Waals surface area contributed by atoms with E-state index in [1.54, 1.807) is 0 Å². The number of rotatable bonds is 5. The minimum Gasteiger partial charge on any atom is -0.454 e. The van der Waals surface area contributed by atoms with Crippen molar-refractivity contribution in [2.75, 3.05) is 0 Å². The lowest BCUT2D eigenvalue weighted by atomic mass is 10.2. The van der Waals surface area contributed by atoms with Crippen molar-refractivity contribution in [2.24, 2.45) is 0 Å². The van der Waals surface area contributed by atoms with Gasteiger partial charge in [0.2, 0.25) is 0 Å². The molecule has 0 aliphatic rings. The van der Waals surface area contributed by atoms with Gasteiger partial charge in [0, 0.05) is 0 Å². The molecule has 1 unspecified atom stereocenters. The summed E-state index contributed by atoms with van der Waals surface area (Å²) in [5, 5.41) is 0. The molecular weight excluding hydrogens is 116 g/mol. The van der Waals surface area contributed by atoms with Gasteiger partial charge < -0.3 is 4.74 Å². The van der Waals surface area contributed by atoms with Gasteiger partial charge >= 0.3 is 6.47 Å². The van der Waals surface area contributed by atoms with E-state index < -0.39 is 0 Å². The Hall–Kier alpha value is -0.530. The maximum atomic E-state index is 9.70. The Labute approximate surface area is 56.2 Å². The number of hydrogen-bond acceptors (Lipinski definition) is 2. The molecule has 0 N–H and O–H groups in total. The van der Waals surface area contributed by atoms with E-state index >= 15 is 0 Å². The van der Waals surface area contributed by atoms with Gasteiger partial charge in [-0.15, -0.1) is 0 Å². The molecule has 0 aromatic rings. The summed E-state index contributed by atoms with van der Waals surface area (Å²) >= 11 is 0. The van der Waals surface area contributed by atoms with Crippen molar-refractivity contribution < 1.29 is 9.53 Å². The van der Waals surface area contributed by atoms with E-state index in [-0.39, 0.29) is 6.10 Å². The Morgan fingerprint density at radius 1 is 1.56 bits per heavy atom. The van der Waals surface area contributed by atoms with Crippen LogP contribution in [0.2, 0.25) is 0 Å². The molecule has 0 amide bonds. The number of carbonyl (C=O) groups excluding carboxylic acids is 1. The smallest absolute Gasteiger partial charge is 0.417 e. The van der Waals surface area contributed by atoms with Crippen molar-refractivity contribution in [3.63, 3.8) is 0 Å². The molecule has 9 heavy (non-hydrogen) atoms. The van der Waals surface area contributed by atoms with E-state index in [0.717, 1.165) is 19.3 Å². The van der Waals surface area contributed by atoms with Crippen molar-refractivity contribution in [3.8, 4) is 0 Å². The largest absolute Gasteiger partial charge is 0.454 e. The van der Waals surface area contributed by atoms with Gasteiger partial charge in [-0.2, -0.15) is 0 Å². The molecule has 0 heterocycles. The summed E-state index contributed by atoms with van der Waals surface area (Å²) in [6.07, 6.45) is 2.99. The van der Waals surface area contributed by atoms with Crippen LogP contribution in [0.25, 0.3) is 0 Å². The topological polar surface area (TPSA) is 26.3 Å². The van der Waals surface area contributed by atoms with Crippen LogP contribution in [0.1, 0.15) is 33.1 Å². The first-order valence-electron chi connectivity index (χ1n) is 3.37. The van der Waals surface area contributed by atoms with Gasteiger partial charge in [-0.25, -0.2) is 4.79 Å². The summed E-state index contributed by atoms with van der Waals surface area (Å²) in [7, 11) is 0. The van der Waals surface area contributed by atoms with Gasteiger partial charge in [0.1, 0.15) is 6.10 Å². The average Bonchev–Trinajstić information content (AvgIpc) is 1.88. The van der Waals surface area contributed by atoms with Gasteiger partial charge in [-0.05, 0) is 12.8 Å². The van der Waals surface area contributed by atoms with Gasteiger partial charge in [-0.1, -0.05) is 20.3 Å². The van der Waals surface area contributed by atoms with Crippen LogP contribution < -0.4 is 0 Å². The van der Waals surface area contributed by atoms with Crippen LogP contribution in [0.5, 0.6) is 0 Å². The minimum atomic E-state index is 0.0903. The second-order valence-electron chi connectivity index (χ2n) is 2.02. The lowest BCUT2D eigenvalue weighted by Gasteiger charge is -2.08. The second-order valence-corrected chi connectivity index (χ2v) is 2.02. The molecule has 0 spiro atoms. The maximum Gasteiger partial charge on any atom is 0.417 e. The van der Waals surface area contributed by atoms with Gasteiger partial charge in [-0.3, -0.25) is 0 Å². The molecule has 2 nitrogen and oxygen atoms in total. The molecule has 1 atom stereocenters. The van der Waals surface area contributed by atoms with Crippen LogP contribution in [0, 0.1) is 0 Å². The fourth-order valence-electron chi connectivity index (χ4n) is 0.736. The van der Waals surface area contributed by atoms with Crippen molar-refractivity contribution in [3.05, 3.63) is 0 Å². The molecular formula is C7H13O2. The Morgan fingerprint density at radius 2 is 2.22 bits per heavy atom. The predicted molar refractivity (Wildman–Crippen MR) is 35.8 cm³/mol. The number of ether oxygens (including phenoxy) is 1. The molecule has 0 saturated carbocycles. The monoisotopic (exact) mass is 129 g/mol. The van der Waals surface area contributed by atoms with Crippen LogP contribution in [0.15, 0.2) is 0 Å². The van der Waals surface area contributed by atoms with E-state index in [1.165, 1.54) is 6.47 Å². The Morgan fingerprint density at radius 3 is 2.56 bits per heavy atom. The highest BCUT2D eigenvalue weighted by molar-refractivity contribution is 5.38. The second kappa shape index (κ2) is 5.60. The predicted octanol–water partition coefficient (Wildman–Crippen LogP) is 1.65. The van der Waals surface area contributed by atoms with Gasteiger partial charge in [0.05, 0.1) is 0 Å². The Balaban J connectivity index is 3.28. The third kappa shape index (κ3) is 4.01. The van der Waals surface area contributed by atoms with Crippen LogP contribution in [0.4, 0.5) is 0 Å². The Kier molecular flexibility index (Phi) is 5.27. The first kappa shape index (κ1) is 8.47. The summed E-state index contributed by atoms with van der Waals surface area (Å²) in [5.74, 6) is 0. The third-order valence-electron chi connectivity index (χ3n) is 1.28. The van der Waals surface area contributed by atoms with Crippen molar-refractivity contribution in [1.29, 1.82) is 0 Å². The quantitative estimate of drug-likeness (QED) is 0.564. The van der Waals surface area contributed by atoms with Gasteiger partial charge in [0.15, 0.2) is 0 Å². The summed E-state index contributed by atoms with van der Waals surface area (Å²) in [6.45, 7) is 5.52. The standard InChI is InChI=1S/C7H13O2/c1-3-5-7(4-2)9-6-8/h7H,3-5H2,1-2H3. The summed E-state index contributed by atoms with van der Waals surface area (Å²) in [5.41, 5.74) is 0. The summed E-state index contributed by atoms with van der Waals surface area (Å²) < 4.78 is 4.63. The average molecular weight is 129 g/mol. The molecule has 0 saturated heterocycles. The van der Waals surface area contributed by atoms with Crippen LogP contribution >= 0.6 is 0 Å². The molecule has 0 aliphatic carbocycles. The van der Waals surface area contributed by atoms with E-state index in [4.69, 9.17) is 0 Å². The van der Waals surface area contributed by atoms with Gasteiger partial charge in [0.25, 0.3) is 0 Å². The molecule has 53 valence electrons. The van der Waals surface area contributed by atoms with Crippen LogP contribution in [-0.4, -0.2) is 12.6 Å². The van der Waals surface area contributed by atoms with Crippen LogP contribution in [-0.2, 0) is 9.53 Å². The molecule has 0 aromatic carbocycles. The minimum absolute atomic E-state index is 0.0903. The van der Waals surface area contributed by atoms with E-state index in [0.29, 0.717) is 0 Å². The summed E-state index contributed by atoms with van der Waals surface area (Å²) in [6, 6.07) is 0. The zero-order valence-corrected chi connectivity index (χ0v) is 6.02. The number of hydrogen-bond donors (Lipinski definition) is 0. The SMILES string of the molecule is CCCC(CC)O[C]=O. The molecule has 0 aliphatic heterocycles. The highest BCUT2D eigenvalue weighted by Gasteiger charge is 2.03. The first-order chi connectivity index (χ1) is 4.35. The zero-order valence-electron chi connectivity index (χ0n) is 6.02. The van der Waals surface area contributed by atoms with Crippen molar-refractivity contribution in [1.82, 2.24) is 0 Å². The first-order valence-corrected chi connectivity index (χ1v) is 3.37. The molecule has 0 bridgehead atoms. The molecule has 0 fully saturated rings. The maximum absolute atomic E-state index is 9.70. The molecule has 0 rings (SSSR count). The highest BCUT2D eigenvalue weighted by atomic mass is 16.5. The van der Waals surface area contributed by atoms with E-state index in [2.05, 4.69) is 11.7 Å². The highest BCUT2D eigenvalue weighted by Crippen LogP contribution is 2.03. The molecule has 0 aromatic heterocycles. The van der Waals surface area contributed by atoms with Crippen molar-refractivity contribution in [2.45, 2.75) is 39.2 Å². The third-order valence-corrected chi connectivity index (χ3v) is 1.28. The lowest BCUT2D eigenvalue weighted by Crippen LogP contribution is -2.09. The van der Waals surface area contributed by atoms with E-state index in [9.17, 15) is 4.79 Å². The molecule has 1 radical (unpaired) electrons. The van der Waals surface area contributed by atoms with E-state index in [1.807, 2.05) is 6.92 Å². The lowest BCUT2D eigenvalue weighted by molar-refractivity contribution is 0.162. The fourth-order valence-corrected chi connectivity index (χ4v) is 0.736. The fraction of sp³-hybridized carbons (Fsp3) is 0.857. The summed E-state index contributed by atoms with van der Waals surface area (Å²) in [4.78, 5) is 9.70. The Bertz CT molecular complexity index is 71.3. The van der Waals surface area contributed by atoms with Crippen molar-refractivity contribution >= 4 is 6.47 Å². The molecule has 2 heteroatoms. The normalized spacial score (nSPS) is 12.7. The zero-order chi connectivity index (χ0) is 7.11.